The fourth-order valence-corrected chi connectivity index (χ4v) is 7.88. The van der Waals surface area contributed by atoms with E-state index in [1.54, 1.807) is 4.90 Å². The van der Waals surface area contributed by atoms with Gasteiger partial charge in [-0.25, -0.2) is 4.79 Å². The number of ether oxygens (including phenoxy) is 2. The van der Waals surface area contributed by atoms with Crippen LogP contribution in [0.1, 0.15) is 51.4 Å². The Hall–Kier alpha value is -1.89. The third kappa shape index (κ3) is 3.76. The number of aliphatic hydroxyl groups excluding tert-OH is 1. The minimum atomic E-state index is -1.19. The normalized spacial score (nSPS) is 41.8. The molecule has 0 aromatic heterocycles. The molecule has 9 nitrogen and oxygen atoms in total. The van der Waals surface area contributed by atoms with Gasteiger partial charge in [0.25, 0.3) is 0 Å². The summed E-state index contributed by atoms with van der Waals surface area (Å²) in [7, 11) is 0. The van der Waals surface area contributed by atoms with E-state index in [2.05, 4.69) is 11.4 Å². The molecule has 8 atom stereocenters. The Morgan fingerprint density at radius 2 is 1.88 bits per heavy atom. The van der Waals surface area contributed by atoms with Crippen molar-refractivity contribution in [3.8, 4) is 6.07 Å². The molecule has 1 aliphatic heterocycles. The SMILES string of the molecule is N#C[C@@H]1C[C@@H]2C[C@@H]2N1C(=O)[C@@H](NC(=O)O)C12CC3C[C@H](CC(OCCOCCO)(C3)C1)C2. The second-order valence-corrected chi connectivity index (χ2v) is 10.8. The molecule has 6 aliphatic rings. The van der Waals surface area contributed by atoms with Crippen molar-refractivity contribution in [1.29, 1.82) is 5.26 Å². The first kappa shape index (κ1) is 21.9. The molecule has 9 heteroatoms. The molecule has 176 valence electrons. The van der Waals surface area contributed by atoms with Gasteiger partial charge in [-0.3, -0.25) is 4.79 Å². The Balaban J connectivity index is 1.38. The lowest BCUT2D eigenvalue weighted by atomic mass is 9.46. The molecule has 6 rings (SSSR count). The van der Waals surface area contributed by atoms with Crippen molar-refractivity contribution >= 4 is 12.0 Å². The van der Waals surface area contributed by atoms with E-state index in [0.29, 0.717) is 43.8 Å². The summed E-state index contributed by atoms with van der Waals surface area (Å²) < 4.78 is 11.7. The van der Waals surface area contributed by atoms with Gasteiger partial charge in [0.05, 0.1) is 38.1 Å². The predicted octanol–water partition coefficient (Wildman–Crippen LogP) is 1.50. The lowest BCUT2D eigenvalue weighted by Gasteiger charge is -2.63. The van der Waals surface area contributed by atoms with Crippen molar-refractivity contribution in [3.63, 3.8) is 0 Å². The second-order valence-electron chi connectivity index (χ2n) is 10.8. The number of amides is 2. The molecule has 3 unspecified atom stereocenters. The molecule has 4 bridgehead atoms. The van der Waals surface area contributed by atoms with Crippen LogP contribution in [0, 0.1) is 34.5 Å². The van der Waals surface area contributed by atoms with Gasteiger partial charge in [0, 0.05) is 11.5 Å². The van der Waals surface area contributed by atoms with Crippen molar-refractivity contribution in [2.75, 3.05) is 26.4 Å². The minimum Gasteiger partial charge on any atom is -0.465 e. The highest BCUT2D eigenvalue weighted by molar-refractivity contribution is 5.88. The van der Waals surface area contributed by atoms with Gasteiger partial charge in [-0.05, 0) is 69.1 Å². The standard InChI is InChI=1S/C23H33N3O6/c24-12-17-6-16-7-18(16)26(17)20(28)19(25-21(29)30)22-8-14-5-15(9-22)11-23(10-14,13-22)32-4-3-31-2-1-27/h14-19,25,27H,1-11,13H2,(H,29,30)/t14-,15?,16+,17-,18-,19+,22?,23?/m0/s1. The summed E-state index contributed by atoms with van der Waals surface area (Å²) in [6.45, 7) is 1.09. The zero-order valence-corrected chi connectivity index (χ0v) is 18.4. The number of carbonyl (C=O) groups excluding carboxylic acids is 1. The van der Waals surface area contributed by atoms with Crippen LogP contribution in [0.25, 0.3) is 0 Å². The van der Waals surface area contributed by atoms with E-state index in [-0.39, 0.29) is 30.8 Å². The summed E-state index contributed by atoms with van der Waals surface area (Å²) in [5.74, 6) is 1.01. The number of nitrogens with one attached hydrogen (secondary N) is 1. The first-order valence-corrected chi connectivity index (χ1v) is 11.9. The Morgan fingerprint density at radius 3 is 2.53 bits per heavy atom. The molecule has 6 fully saturated rings. The number of nitrogens with zero attached hydrogens (tertiary/aromatic N) is 2. The molecule has 5 saturated carbocycles. The fourth-order valence-electron chi connectivity index (χ4n) is 7.88. The number of hydrogen-bond donors (Lipinski definition) is 3. The largest absolute Gasteiger partial charge is 0.465 e. The van der Waals surface area contributed by atoms with Crippen molar-refractivity contribution < 1.29 is 29.3 Å². The zero-order chi connectivity index (χ0) is 22.5. The molecular formula is C23H33N3O6. The number of likely N-dealkylation sites (tertiary alicyclic amines) is 1. The molecule has 5 aliphatic carbocycles. The quantitative estimate of drug-likeness (QED) is 0.456. The van der Waals surface area contributed by atoms with Crippen molar-refractivity contribution in [2.45, 2.75) is 75.1 Å². The zero-order valence-electron chi connectivity index (χ0n) is 18.4. The lowest BCUT2D eigenvalue weighted by molar-refractivity contribution is -0.206. The highest BCUT2D eigenvalue weighted by Crippen LogP contribution is 2.64. The van der Waals surface area contributed by atoms with Crippen LogP contribution in [-0.2, 0) is 14.3 Å². The number of carboxylic acid groups (broad SMARTS) is 1. The first-order chi connectivity index (χ1) is 15.4. The van der Waals surface area contributed by atoms with Crippen LogP contribution in [0.5, 0.6) is 0 Å². The van der Waals surface area contributed by atoms with Gasteiger partial charge in [0.1, 0.15) is 12.1 Å². The molecule has 2 amide bonds. The number of aliphatic hydroxyl groups is 1. The van der Waals surface area contributed by atoms with E-state index in [0.717, 1.165) is 38.5 Å². The monoisotopic (exact) mass is 447 g/mol. The molecule has 0 aromatic rings. The molecule has 0 spiro atoms. The molecule has 32 heavy (non-hydrogen) atoms. The highest BCUT2D eigenvalue weighted by Gasteiger charge is 2.64. The Kier molecular flexibility index (Phi) is 5.59. The maximum Gasteiger partial charge on any atom is 0.405 e. The summed E-state index contributed by atoms with van der Waals surface area (Å²) >= 11 is 0. The van der Waals surface area contributed by atoms with E-state index in [4.69, 9.17) is 14.6 Å². The van der Waals surface area contributed by atoms with Crippen LogP contribution >= 0.6 is 0 Å². The summed E-state index contributed by atoms with van der Waals surface area (Å²) in [6.07, 6.45) is 5.72. The first-order valence-electron chi connectivity index (χ1n) is 11.9. The Labute approximate surface area is 188 Å². The van der Waals surface area contributed by atoms with Gasteiger partial charge >= 0.3 is 6.09 Å². The summed E-state index contributed by atoms with van der Waals surface area (Å²) in [5.41, 5.74) is -0.828. The molecule has 0 radical (unpaired) electrons. The number of hydrogen-bond acceptors (Lipinski definition) is 6. The van der Waals surface area contributed by atoms with Gasteiger partial charge in [0.15, 0.2) is 0 Å². The average Bonchev–Trinajstić information content (AvgIpc) is 3.40. The van der Waals surface area contributed by atoms with Crippen LogP contribution in [0.3, 0.4) is 0 Å². The molecular weight excluding hydrogens is 414 g/mol. The number of piperidine rings is 1. The van der Waals surface area contributed by atoms with Gasteiger partial charge < -0.3 is 29.9 Å². The Bertz CT molecular complexity index is 798. The van der Waals surface area contributed by atoms with E-state index in [1.165, 1.54) is 0 Å². The van der Waals surface area contributed by atoms with Crippen LogP contribution in [-0.4, -0.2) is 77.3 Å². The maximum atomic E-state index is 13.8. The Morgan fingerprint density at radius 1 is 1.12 bits per heavy atom. The third-order valence-corrected chi connectivity index (χ3v) is 8.56. The van der Waals surface area contributed by atoms with Gasteiger partial charge in [-0.15, -0.1) is 0 Å². The third-order valence-electron chi connectivity index (χ3n) is 8.56. The number of nitriles is 1. The summed E-state index contributed by atoms with van der Waals surface area (Å²) in [4.78, 5) is 27.3. The molecule has 1 saturated heterocycles. The smallest absolute Gasteiger partial charge is 0.405 e. The van der Waals surface area contributed by atoms with Gasteiger partial charge in [-0.1, -0.05) is 0 Å². The summed E-state index contributed by atoms with van der Waals surface area (Å²) in [6, 6.07) is 1.06. The minimum absolute atomic E-state index is 0.0227. The topological polar surface area (TPSA) is 132 Å². The molecule has 1 heterocycles. The second kappa shape index (κ2) is 8.15. The van der Waals surface area contributed by atoms with E-state index in [9.17, 15) is 20.0 Å². The number of rotatable bonds is 9. The van der Waals surface area contributed by atoms with Crippen LogP contribution in [0.4, 0.5) is 4.79 Å². The van der Waals surface area contributed by atoms with Gasteiger partial charge in [0.2, 0.25) is 5.91 Å². The van der Waals surface area contributed by atoms with Crippen molar-refractivity contribution in [1.82, 2.24) is 10.2 Å². The molecule has 3 N–H and O–H groups in total. The van der Waals surface area contributed by atoms with E-state index >= 15 is 0 Å². The lowest BCUT2D eigenvalue weighted by Crippen LogP contribution is -2.67. The molecule has 0 aromatic carbocycles. The van der Waals surface area contributed by atoms with Crippen LogP contribution in [0.2, 0.25) is 0 Å². The summed E-state index contributed by atoms with van der Waals surface area (Å²) in [5, 5.41) is 30.7. The van der Waals surface area contributed by atoms with Gasteiger partial charge in [-0.2, -0.15) is 5.26 Å². The van der Waals surface area contributed by atoms with E-state index in [1.807, 2.05) is 0 Å². The van der Waals surface area contributed by atoms with Crippen molar-refractivity contribution in [3.05, 3.63) is 0 Å². The van der Waals surface area contributed by atoms with Crippen LogP contribution < -0.4 is 5.32 Å². The van der Waals surface area contributed by atoms with Crippen LogP contribution in [0.15, 0.2) is 0 Å². The predicted molar refractivity (Wildman–Crippen MR) is 111 cm³/mol. The van der Waals surface area contributed by atoms with Crippen molar-refractivity contribution in [2.24, 2.45) is 23.2 Å². The number of carbonyl (C=O) groups is 2. The fraction of sp³-hybridized carbons (Fsp3) is 0.870. The maximum absolute atomic E-state index is 13.8. The average molecular weight is 448 g/mol. The highest BCUT2D eigenvalue weighted by atomic mass is 16.5. The number of fused-ring (bicyclic) bond motifs is 1. The van der Waals surface area contributed by atoms with E-state index < -0.39 is 23.6 Å².